The summed E-state index contributed by atoms with van der Waals surface area (Å²) in [6.45, 7) is 5.50. The van der Waals surface area contributed by atoms with Gasteiger partial charge in [-0.15, -0.1) is 6.58 Å². The summed E-state index contributed by atoms with van der Waals surface area (Å²) < 4.78 is 20.5. The van der Waals surface area contributed by atoms with E-state index in [-0.39, 0.29) is 18.1 Å². The molecule has 0 saturated carbocycles. The van der Waals surface area contributed by atoms with E-state index in [1.165, 1.54) is 12.1 Å². The van der Waals surface area contributed by atoms with E-state index in [4.69, 9.17) is 4.74 Å². The van der Waals surface area contributed by atoms with Crippen LogP contribution >= 0.6 is 15.9 Å². The minimum Gasteiger partial charge on any atom is -0.486 e. The molecular formula is C21H21BrFNO2. The average Bonchev–Trinajstić information content (AvgIpc) is 2.63. The van der Waals surface area contributed by atoms with E-state index < -0.39 is 5.82 Å². The van der Waals surface area contributed by atoms with Crippen molar-refractivity contribution in [2.24, 2.45) is 0 Å². The van der Waals surface area contributed by atoms with Gasteiger partial charge in [0.25, 0.3) is 0 Å². The van der Waals surface area contributed by atoms with Gasteiger partial charge in [-0.05, 0) is 49.5 Å². The number of ether oxygens (including phenoxy) is 1. The summed E-state index contributed by atoms with van der Waals surface area (Å²) in [6, 6.07) is 11.2. The molecule has 0 aliphatic carbocycles. The first-order valence-electron chi connectivity index (χ1n) is 8.18. The lowest BCUT2D eigenvalue weighted by Crippen LogP contribution is -2.17. The van der Waals surface area contributed by atoms with Gasteiger partial charge in [0, 0.05) is 28.7 Å². The van der Waals surface area contributed by atoms with Crippen molar-refractivity contribution in [1.82, 2.24) is 4.90 Å². The highest BCUT2D eigenvalue weighted by Gasteiger charge is 2.12. The number of hydrogen-bond acceptors (Lipinski definition) is 3. The fourth-order valence-electron chi connectivity index (χ4n) is 2.28. The SMILES string of the molecule is C=CCN(C)CC=CCOc1ccc(C(=O)c2ccc(Br)cc2)cc1F. The molecule has 0 bridgehead atoms. The Morgan fingerprint density at radius 3 is 2.50 bits per heavy atom. The fourth-order valence-corrected chi connectivity index (χ4v) is 2.55. The second-order valence-corrected chi connectivity index (χ2v) is 6.69. The van der Waals surface area contributed by atoms with Gasteiger partial charge < -0.3 is 4.74 Å². The first kappa shape index (κ1) is 20.1. The van der Waals surface area contributed by atoms with Crippen LogP contribution in [0.15, 0.2) is 71.7 Å². The summed E-state index contributed by atoms with van der Waals surface area (Å²) in [6.07, 6.45) is 5.61. The third kappa shape index (κ3) is 5.93. The number of likely N-dealkylation sites (N-methyl/N-ethyl adjacent to an activating group) is 1. The number of carbonyl (C=O) groups is 1. The summed E-state index contributed by atoms with van der Waals surface area (Å²) in [5.41, 5.74) is 0.798. The molecule has 0 fully saturated rings. The maximum Gasteiger partial charge on any atom is 0.193 e. The van der Waals surface area contributed by atoms with Gasteiger partial charge in [0.15, 0.2) is 17.3 Å². The Balaban J connectivity index is 1.94. The quantitative estimate of drug-likeness (QED) is 0.430. The van der Waals surface area contributed by atoms with E-state index in [0.29, 0.717) is 11.1 Å². The van der Waals surface area contributed by atoms with Crippen LogP contribution in [0.2, 0.25) is 0 Å². The summed E-state index contributed by atoms with van der Waals surface area (Å²) >= 11 is 3.32. The highest BCUT2D eigenvalue weighted by molar-refractivity contribution is 9.10. The molecule has 26 heavy (non-hydrogen) atoms. The Morgan fingerprint density at radius 2 is 1.85 bits per heavy atom. The summed E-state index contributed by atoms with van der Waals surface area (Å²) in [7, 11) is 1.98. The van der Waals surface area contributed by atoms with Gasteiger partial charge in [-0.2, -0.15) is 0 Å². The predicted octanol–water partition coefficient (Wildman–Crippen LogP) is 4.87. The second-order valence-electron chi connectivity index (χ2n) is 5.77. The first-order chi connectivity index (χ1) is 12.5. The molecule has 0 radical (unpaired) electrons. The van der Waals surface area contributed by atoms with Gasteiger partial charge in [0.2, 0.25) is 0 Å². The molecule has 0 saturated heterocycles. The van der Waals surface area contributed by atoms with Crippen molar-refractivity contribution < 1.29 is 13.9 Å². The minimum atomic E-state index is -0.551. The van der Waals surface area contributed by atoms with Crippen LogP contribution in [-0.2, 0) is 0 Å². The zero-order valence-electron chi connectivity index (χ0n) is 14.6. The molecule has 0 aliphatic heterocycles. The normalized spacial score (nSPS) is 11.1. The van der Waals surface area contributed by atoms with E-state index in [9.17, 15) is 9.18 Å². The lowest BCUT2D eigenvalue weighted by Gasteiger charge is -2.10. The molecule has 2 aromatic rings. The Kier molecular flexibility index (Phi) is 7.75. The molecule has 2 rings (SSSR count). The number of benzene rings is 2. The van der Waals surface area contributed by atoms with Crippen LogP contribution in [0.4, 0.5) is 4.39 Å². The van der Waals surface area contributed by atoms with Crippen molar-refractivity contribution >= 4 is 21.7 Å². The van der Waals surface area contributed by atoms with Crippen molar-refractivity contribution in [3.05, 3.63) is 88.7 Å². The molecular weight excluding hydrogens is 397 g/mol. The summed E-state index contributed by atoms with van der Waals surface area (Å²) in [5, 5.41) is 0. The molecule has 3 nitrogen and oxygen atoms in total. The zero-order valence-corrected chi connectivity index (χ0v) is 16.2. The van der Waals surface area contributed by atoms with Crippen molar-refractivity contribution in [3.63, 3.8) is 0 Å². The standard InChI is InChI=1S/C21H21BrFNO2/c1-3-12-24(2)13-4-5-14-26-20-11-8-17(15-19(20)23)21(25)16-6-9-18(22)10-7-16/h3-11,15H,1,12-14H2,2H3. The van der Waals surface area contributed by atoms with E-state index in [2.05, 4.69) is 27.4 Å². The van der Waals surface area contributed by atoms with Gasteiger partial charge in [-0.3, -0.25) is 9.69 Å². The molecule has 0 spiro atoms. The van der Waals surface area contributed by atoms with E-state index in [0.717, 1.165) is 17.6 Å². The van der Waals surface area contributed by atoms with Gasteiger partial charge >= 0.3 is 0 Å². The van der Waals surface area contributed by atoms with Gasteiger partial charge in [-0.1, -0.05) is 34.2 Å². The molecule has 136 valence electrons. The largest absolute Gasteiger partial charge is 0.486 e. The third-order valence-electron chi connectivity index (χ3n) is 3.66. The number of rotatable bonds is 9. The van der Waals surface area contributed by atoms with Gasteiger partial charge in [-0.25, -0.2) is 4.39 Å². The third-order valence-corrected chi connectivity index (χ3v) is 4.19. The second kappa shape index (κ2) is 10.0. The molecule has 0 atom stereocenters. The molecule has 0 amide bonds. The number of carbonyl (C=O) groups excluding carboxylic acids is 1. The highest BCUT2D eigenvalue weighted by atomic mass is 79.9. The van der Waals surface area contributed by atoms with Crippen LogP contribution in [0, 0.1) is 5.82 Å². The number of halogens is 2. The smallest absolute Gasteiger partial charge is 0.193 e. The predicted molar refractivity (Wildman–Crippen MR) is 106 cm³/mol. The van der Waals surface area contributed by atoms with E-state index >= 15 is 0 Å². The Labute approximate surface area is 161 Å². The number of nitrogens with zero attached hydrogens (tertiary/aromatic N) is 1. The van der Waals surface area contributed by atoms with Crippen molar-refractivity contribution in [2.75, 3.05) is 26.7 Å². The molecule has 0 heterocycles. The topological polar surface area (TPSA) is 29.5 Å². The van der Waals surface area contributed by atoms with Crippen LogP contribution in [0.5, 0.6) is 5.75 Å². The maximum atomic E-state index is 14.2. The fraction of sp³-hybridized carbons (Fsp3) is 0.190. The Morgan fingerprint density at radius 1 is 1.15 bits per heavy atom. The van der Waals surface area contributed by atoms with Crippen LogP contribution in [-0.4, -0.2) is 37.4 Å². The Hall–Kier alpha value is -2.24. The molecule has 0 unspecified atom stereocenters. The molecule has 5 heteroatoms. The van der Waals surface area contributed by atoms with Crippen molar-refractivity contribution in [1.29, 1.82) is 0 Å². The van der Waals surface area contributed by atoms with Crippen LogP contribution < -0.4 is 4.74 Å². The van der Waals surface area contributed by atoms with Crippen LogP contribution in [0.25, 0.3) is 0 Å². The highest BCUT2D eigenvalue weighted by Crippen LogP contribution is 2.21. The molecule has 2 aromatic carbocycles. The average molecular weight is 418 g/mol. The van der Waals surface area contributed by atoms with Gasteiger partial charge in [0.1, 0.15) is 6.61 Å². The minimum absolute atomic E-state index is 0.126. The molecule has 0 aliphatic rings. The first-order valence-corrected chi connectivity index (χ1v) is 8.97. The number of ketones is 1. The van der Waals surface area contributed by atoms with Crippen LogP contribution in [0.3, 0.4) is 0 Å². The van der Waals surface area contributed by atoms with Gasteiger partial charge in [0.05, 0.1) is 0 Å². The molecule has 0 aromatic heterocycles. The monoisotopic (exact) mass is 417 g/mol. The summed E-state index contributed by atoms with van der Waals surface area (Å²) in [5.74, 6) is -0.653. The molecule has 0 N–H and O–H groups in total. The Bertz CT molecular complexity index is 787. The van der Waals surface area contributed by atoms with E-state index in [1.54, 1.807) is 30.3 Å². The van der Waals surface area contributed by atoms with E-state index in [1.807, 2.05) is 25.3 Å². The number of hydrogen-bond donors (Lipinski definition) is 0. The zero-order chi connectivity index (χ0) is 18.9. The summed E-state index contributed by atoms with van der Waals surface area (Å²) in [4.78, 5) is 14.5. The maximum absolute atomic E-state index is 14.2. The van der Waals surface area contributed by atoms with Crippen molar-refractivity contribution in [2.45, 2.75) is 0 Å². The van der Waals surface area contributed by atoms with Crippen molar-refractivity contribution in [3.8, 4) is 5.75 Å². The lowest BCUT2D eigenvalue weighted by molar-refractivity contribution is 0.103. The van der Waals surface area contributed by atoms with Crippen LogP contribution in [0.1, 0.15) is 15.9 Å². The lowest BCUT2D eigenvalue weighted by atomic mass is 10.0.